The molecule has 1 unspecified atom stereocenters. The first-order valence-corrected chi connectivity index (χ1v) is 4.79. The van der Waals surface area contributed by atoms with Crippen molar-refractivity contribution in [1.29, 1.82) is 5.26 Å². The van der Waals surface area contributed by atoms with Crippen molar-refractivity contribution in [3.63, 3.8) is 0 Å². The van der Waals surface area contributed by atoms with Crippen molar-refractivity contribution in [2.45, 2.75) is 32.6 Å². The van der Waals surface area contributed by atoms with Crippen LogP contribution in [0.3, 0.4) is 0 Å². The number of allylic oxidation sites excluding steroid dienone is 1. The van der Waals surface area contributed by atoms with E-state index in [-0.39, 0.29) is 5.78 Å². The van der Waals surface area contributed by atoms with Crippen LogP contribution in [0.2, 0.25) is 0 Å². The minimum atomic E-state index is -0.768. The van der Waals surface area contributed by atoms with Crippen LogP contribution in [-0.4, -0.2) is 5.78 Å². The predicted molar refractivity (Wildman–Crippen MR) is 51.1 cm³/mol. The SMILES string of the molecule is C/C(=C/Cl)CC1(C#N)CCCC1=O. The number of nitrogens with zero attached hydrogens (tertiary/aromatic N) is 1. The molecule has 0 aromatic carbocycles. The number of carbonyl (C=O) groups is 1. The molecule has 0 radical (unpaired) electrons. The predicted octanol–water partition coefficient (Wildman–Crippen LogP) is 2.78. The highest BCUT2D eigenvalue weighted by Gasteiger charge is 2.42. The Morgan fingerprint density at radius 2 is 2.54 bits per heavy atom. The summed E-state index contributed by atoms with van der Waals surface area (Å²) in [5.74, 6) is 0.0767. The maximum absolute atomic E-state index is 11.5. The second-order valence-corrected chi connectivity index (χ2v) is 3.82. The smallest absolute Gasteiger partial charge is 0.153 e. The lowest BCUT2D eigenvalue weighted by Crippen LogP contribution is -2.23. The zero-order valence-electron chi connectivity index (χ0n) is 7.64. The van der Waals surface area contributed by atoms with E-state index in [2.05, 4.69) is 6.07 Å². The Bertz CT molecular complexity index is 290. The van der Waals surface area contributed by atoms with Gasteiger partial charge < -0.3 is 0 Å². The normalized spacial score (nSPS) is 29.0. The molecule has 1 atom stereocenters. The van der Waals surface area contributed by atoms with Gasteiger partial charge in [0.1, 0.15) is 5.41 Å². The highest BCUT2D eigenvalue weighted by molar-refractivity contribution is 6.25. The molecule has 0 aliphatic heterocycles. The van der Waals surface area contributed by atoms with Gasteiger partial charge in [0.25, 0.3) is 0 Å². The average molecular weight is 198 g/mol. The van der Waals surface area contributed by atoms with Gasteiger partial charge in [0.2, 0.25) is 0 Å². The lowest BCUT2D eigenvalue weighted by Gasteiger charge is -2.18. The molecular weight excluding hydrogens is 186 g/mol. The molecule has 1 aliphatic rings. The van der Waals surface area contributed by atoms with Gasteiger partial charge in [-0.05, 0) is 26.2 Å². The molecule has 1 fully saturated rings. The first kappa shape index (κ1) is 10.3. The largest absolute Gasteiger partial charge is 0.298 e. The Hall–Kier alpha value is -0.810. The highest BCUT2D eigenvalue weighted by Crippen LogP contribution is 2.39. The second kappa shape index (κ2) is 3.93. The summed E-state index contributed by atoms with van der Waals surface area (Å²) in [5, 5.41) is 8.99. The van der Waals surface area contributed by atoms with Crippen LogP contribution in [0.15, 0.2) is 11.1 Å². The van der Waals surface area contributed by atoms with E-state index >= 15 is 0 Å². The summed E-state index contributed by atoms with van der Waals surface area (Å²) in [7, 11) is 0. The Kier molecular flexibility index (Phi) is 3.11. The van der Waals surface area contributed by atoms with Crippen LogP contribution in [-0.2, 0) is 4.79 Å². The fraction of sp³-hybridized carbons (Fsp3) is 0.600. The topological polar surface area (TPSA) is 40.9 Å². The summed E-state index contributed by atoms with van der Waals surface area (Å²) in [6.45, 7) is 1.84. The minimum Gasteiger partial charge on any atom is -0.298 e. The van der Waals surface area contributed by atoms with Gasteiger partial charge in [-0.1, -0.05) is 17.2 Å². The van der Waals surface area contributed by atoms with Gasteiger partial charge in [-0.2, -0.15) is 5.26 Å². The van der Waals surface area contributed by atoms with E-state index in [9.17, 15) is 4.79 Å². The molecule has 3 heteroatoms. The number of carbonyl (C=O) groups excluding carboxylic acids is 1. The number of hydrogen-bond acceptors (Lipinski definition) is 2. The van der Waals surface area contributed by atoms with E-state index in [1.165, 1.54) is 5.54 Å². The summed E-state index contributed by atoms with van der Waals surface area (Å²) in [5.41, 5.74) is 1.58. The lowest BCUT2D eigenvalue weighted by atomic mass is 9.81. The van der Waals surface area contributed by atoms with Gasteiger partial charge in [-0.25, -0.2) is 0 Å². The van der Waals surface area contributed by atoms with E-state index in [4.69, 9.17) is 16.9 Å². The molecule has 0 spiro atoms. The number of nitriles is 1. The summed E-state index contributed by atoms with van der Waals surface area (Å²) in [6, 6.07) is 2.14. The number of hydrogen-bond donors (Lipinski definition) is 0. The molecule has 1 rings (SSSR count). The first-order valence-electron chi connectivity index (χ1n) is 4.35. The van der Waals surface area contributed by atoms with E-state index in [0.29, 0.717) is 19.3 Å². The molecule has 1 aliphatic carbocycles. The number of halogens is 1. The van der Waals surface area contributed by atoms with E-state index in [1.54, 1.807) is 0 Å². The molecule has 0 N–H and O–H groups in total. The summed E-state index contributed by atoms with van der Waals surface area (Å²) >= 11 is 5.51. The van der Waals surface area contributed by atoms with Gasteiger partial charge >= 0.3 is 0 Å². The molecule has 0 heterocycles. The van der Waals surface area contributed by atoms with Crippen LogP contribution in [0.4, 0.5) is 0 Å². The molecule has 2 nitrogen and oxygen atoms in total. The molecule has 0 aromatic rings. The molecule has 70 valence electrons. The zero-order valence-corrected chi connectivity index (χ0v) is 8.40. The monoisotopic (exact) mass is 197 g/mol. The third-order valence-electron chi connectivity index (χ3n) is 2.52. The number of ketones is 1. The van der Waals surface area contributed by atoms with Crippen LogP contribution in [0.1, 0.15) is 32.6 Å². The quantitative estimate of drug-likeness (QED) is 0.683. The van der Waals surface area contributed by atoms with Crippen LogP contribution in [0.5, 0.6) is 0 Å². The van der Waals surface area contributed by atoms with E-state index in [1.807, 2.05) is 6.92 Å². The molecule has 0 aromatic heterocycles. The summed E-state index contributed by atoms with van der Waals surface area (Å²) < 4.78 is 0. The molecule has 13 heavy (non-hydrogen) atoms. The van der Waals surface area contributed by atoms with Gasteiger partial charge in [0, 0.05) is 12.0 Å². The molecule has 1 saturated carbocycles. The average Bonchev–Trinajstić information content (AvgIpc) is 2.48. The standard InChI is InChI=1S/C10H12ClNO/c1-8(6-11)5-10(7-12)4-2-3-9(10)13/h6H,2-5H2,1H3/b8-6-. The number of Topliss-reactive ketones (excluding diaryl/α,β-unsaturated/α-hetero) is 1. The van der Waals surface area contributed by atoms with Crippen LogP contribution >= 0.6 is 11.6 Å². The van der Waals surface area contributed by atoms with Gasteiger partial charge in [0.15, 0.2) is 5.78 Å². The fourth-order valence-electron chi connectivity index (χ4n) is 1.79. The Morgan fingerprint density at radius 1 is 1.85 bits per heavy atom. The fourth-order valence-corrected chi connectivity index (χ4v) is 1.87. The highest BCUT2D eigenvalue weighted by atomic mass is 35.5. The van der Waals surface area contributed by atoms with Crippen molar-refractivity contribution in [3.8, 4) is 6.07 Å². The van der Waals surface area contributed by atoms with Gasteiger partial charge in [-0.3, -0.25) is 4.79 Å². The second-order valence-electron chi connectivity index (χ2n) is 3.60. The maximum atomic E-state index is 11.5. The van der Waals surface area contributed by atoms with E-state index in [0.717, 1.165) is 12.0 Å². The Labute approximate surface area is 83.2 Å². The van der Waals surface area contributed by atoms with Crippen LogP contribution < -0.4 is 0 Å². The lowest BCUT2D eigenvalue weighted by molar-refractivity contribution is -0.123. The molecule has 0 amide bonds. The van der Waals surface area contributed by atoms with Crippen molar-refractivity contribution < 1.29 is 4.79 Å². The minimum absolute atomic E-state index is 0.0767. The van der Waals surface area contributed by atoms with Crippen molar-refractivity contribution in [2.75, 3.05) is 0 Å². The van der Waals surface area contributed by atoms with Crippen molar-refractivity contribution >= 4 is 17.4 Å². The third-order valence-corrected chi connectivity index (χ3v) is 2.89. The number of rotatable bonds is 2. The zero-order chi connectivity index (χ0) is 9.90. The molecule has 0 bridgehead atoms. The first-order chi connectivity index (χ1) is 6.14. The van der Waals surface area contributed by atoms with Crippen molar-refractivity contribution in [1.82, 2.24) is 0 Å². The third kappa shape index (κ3) is 1.92. The van der Waals surface area contributed by atoms with Crippen molar-refractivity contribution in [2.24, 2.45) is 5.41 Å². The van der Waals surface area contributed by atoms with Gasteiger partial charge in [0.05, 0.1) is 6.07 Å². The van der Waals surface area contributed by atoms with Crippen LogP contribution in [0, 0.1) is 16.7 Å². The maximum Gasteiger partial charge on any atom is 0.153 e. The van der Waals surface area contributed by atoms with E-state index < -0.39 is 5.41 Å². The summed E-state index contributed by atoms with van der Waals surface area (Å²) in [4.78, 5) is 11.5. The summed E-state index contributed by atoms with van der Waals surface area (Å²) in [6.07, 6.45) is 2.56. The molecular formula is C10H12ClNO. The van der Waals surface area contributed by atoms with Crippen molar-refractivity contribution in [3.05, 3.63) is 11.1 Å². The Balaban J connectivity index is 2.83. The van der Waals surface area contributed by atoms with Crippen LogP contribution in [0.25, 0.3) is 0 Å². The Morgan fingerprint density at radius 3 is 2.92 bits per heavy atom. The molecule has 0 saturated heterocycles. The van der Waals surface area contributed by atoms with Gasteiger partial charge in [-0.15, -0.1) is 0 Å².